The molecule has 1 aliphatic heterocycles. The normalized spacial score (nSPS) is 14.2. The molecule has 1 aliphatic rings. The highest BCUT2D eigenvalue weighted by Crippen LogP contribution is 2.35. The van der Waals surface area contributed by atoms with Gasteiger partial charge in [0.2, 0.25) is 0 Å². The first-order valence-corrected chi connectivity index (χ1v) is 6.92. The number of methoxy groups -OCH3 is 1. The van der Waals surface area contributed by atoms with Crippen molar-refractivity contribution in [3.63, 3.8) is 0 Å². The first kappa shape index (κ1) is 15.9. The molecule has 2 rings (SSSR count). The number of carbonyl (C=O) groups is 2. The summed E-state index contributed by atoms with van der Waals surface area (Å²) in [4.78, 5) is 24.7. The summed E-state index contributed by atoms with van der Waals surface area (Å²) in [5, 5.41) is 8.92. The number of nitrogens with zero attached hydrogens (tertiary/aromatic N) is 1. The highest BCUT2D eigenvalue weighted by Gasteiger charge is 2.24. The lowest BCUT2D eigenvalue weighted by Crippen LogP contribution is -2.36. The lowest BCUT2D eigenvalue weighted by Gasteiger charge is -2.24. The molecule has 0 aromatic heterocycles. The molecule has 0 saturated heterocycles. The Hall–Kier alpha value is -2.50. The van der Waals surface area contributed by atoms with E-state index in [0.717, 1.165) is 5.56 Å². The van der Waals surface area contributed by atoms with Crippen LogP contribution in [0.4, 0.5) is 0 Å². The van der Waals surface area contributed by atoms with E-state index in [-0.39, 0.29) is 19.1 Å². The second kappa shape index (κ2) is 6.51. The highest BCUT2D eigenvalue weighted by molar-refractivity contribution is 5.99. The molecule has 0 fully saturated rings. The number of benzene rings is 1. The van der Waals surface area contributed by atoms with E-state index in [4.69, 9.17) is 14.6 Å². The number of ether oxygens (including phenoxy) is 2. The first-order valence-electron chi connectivity index (χ1n) is 6.92. The number of aliphatic carboxylic acids is 1. The van der Waals surface area contributed by atoms with Crippen molar-refractivity contribution in [3.8, 4) is 11.5 Å². The number of amides is 1. The summed E-state index contributed by atoms with van der Waals surface area (Å²) in [6.07, 6.45) is 1.76. The van der Waals surface area contributed by atoms with Gasteiger partial charge in [0.15, 0.2) is 11.5 Å². The van der Waals surface area contributed by atoms with Crippen molar-refractivity contribution in [1.29, 1.82) is 0 Å². The molecule has 1 unspecified atom stereocenters. The van der Waals surface area contributed by atoms with Gasteiger partial charge in [-0.2, -0.15) is 0 Å². The smallest absolute Gasteiger partial charge is 0.308 e. The second-order valence-electron chi connectivity index (χ2n) is 5.26. The molecule has 1 aromatic rings. The van der Waals surface area contributed by atoms with Crippen LogP contribution in [0, 0.1) is 5.92 Å². The van der Waals surface area contributed by atoms with E-state index in [1.807, 2.05) is 12.1 Å². The van der Waals surface area contributed by atoms with Crippen molar-refractivity contribution in [3.05, 3.63) is 29.3 Å². The average Bonchev–Trinajstić information content (AvgIpc) is 2.52. The number of rotatable bonds is 5. The Morgan fingerprint density at radius 3 is 2.82 bits per heavy atom. The fraction of sp³-hybridized carbons (Fsp3) is 0.375. The number of fused-ring (bicyclic) bond motifs is 1. The van der Waals surface area contributed by atoms with Gasteiger partial charge in [-0.15, -0.1) is 0 Å². The van der Waals surface area contributed by atoms with Crippen LogP contribution in [0.2, 0.25) is 0 Å². The monoisotopic (exact) mass is 305 g/mol. The molecule has 22 heavy (non-hydrogen) atoms. The third-order valence-electron chi connectivity index (χ3n) is 3.52. The van der Waals surface area contributed by atoms with Crippen molar-refractivity contribution in [2.75, 3.05) is 27.3 Å². The number of hydrogen-bond donors (Lipinski definition) is 1. The van der Waals surface area contributed by atoms with E-state index >= 15 is 0 Å². The van der Waals surface area contributed by atoms with E-state index in [9.17, 15) is 9.59 Å². The minimum Gasteiger partial charge on any atom is -0.493 e. The van der Waals surface area contributed by atoms with E-state index < -0.39 is 11.9 Å². The van der Waals surface area contributed by atoms with Crippen LogP contribution >= 0.6 is 0 Å². The van der Waals surface area contributed by atoms with E-state index in [1.54, 1.807) is 33.2 Å². The van der Waals surface area contributed by atoms with Gasteiger partial charge in [0, 0.05) is 19.2 Å². The van der Waals surface area contributed by atoms with Gasteiger partial charge < -0.3 is 19.5 Å². The quantitative estimate of drug-likeness (QED) is 0.895. The molecular formula is C16H19NO5. The molecule has 1 heterocycles. The topological polar surface area (TPSA) is 76.1 Å². The number of para-hydroxylation sites is 1. The Bertz CT molecular complexity index is 623. The van der Waals surface area contributed by atoms with Crippen LogP contribution in [0.1, 0.15) is 12.5 Å². The number of carboxylic acids is 1. The Kier molecular flexibility index (Phi) is 4.70. The zero-order chi connectivity index (χ0) is 16.3. The summed E-state index contributed by atoms with van der Waals surface area (Å²) in [6.45, 7) is 1.85. The van der Waals surface area contributed by atoms with Crippen molar-refractivity contribution in [2.45, 2.75) is 6.92 Å². The minimum atomic E-state index is -0.927. The van der Waals surface area contributed by atoms with Crippen molar-refractivity contribution >= 4 is 18.0 Å². The predicted molar refractivity (Wildman–Crippen MR) is 80.9 cm³/mol. The van der Waals surface area contributed by atoms with Crippen LogP contribution in [0.5, 0.6) is 11.5 Å². The zero-order valence-electron chi connectivity index (χ0n) is 12.8. The molecule has 1 amide bonds. The van der Waals surface area contributed by atoms with Gasteiger partial charge in [0.05, 0.1) is 18.6 Å². The van der Waals surface area contributed by atoms with Crippen LogP contribution in [0.25, 0.3) is 6.08 Å². The SMILES string of the molecule is COc1cccc2c1OCC(C(=O)N(C)CC(C)C(=O)O)=C2. The molecule has 6 heteroatoms. The molecular weight excluding hydrogens is 286 g/mol. The number of carbonyl (C=O) groups excluding carboxylic acids is 1. The molecule has 1 atom stereocenters. The molecule has 118 valence electrons. The van der Waals surface area contributed by atoms with Crippen LogP contribution in [-0.4, -0.2) is 49.2 Å². The van der Waals surface area contributed by atoms with Gasteiger partial charge in [0.1, 0.15) is 6.61 Å². The van der Waals surface area contributed by atoms with Gasteiger partial charge in [-0.3, -0.25) is 9.59 Å². The van der Waals surface area contributed by atoms with Gasteiger partial charge >= 0.3 is 5.97 Å². The summed E-state index contributed by atoms with van der Waals surface area (Å²) in [7, 11) is 3.15. The number of hydrogen-bond acceptors (Lipinski definition) is 4. The van der Waals surface area contributed by atoms with Crippen molar-refractivity contribution in [2.24, 2.45) is 5.92 Å². The van der Waals surface area contributed by atoms with Gasteiger partial charge in [-0.1, -0.05) is 19.1 Å². The molecule has 0 bridgehead atoms. The molecule has 1 N–H and O–H groups in total. The van der Waals surface area contributed by atoms with Crippen LogP contribution in [0.3, 0.4) is 0 Å². The average molecular weight is 305 g/mol. The lowest BCUT2D eigenvalue weighted by atomic mass is 10.1. The molecule has 6 nitrogen and oxygen atoms in total. The molecule has 0 spiro atoms. The molecule has 0 saturated carbocycles. The van der Waals surface area contributed by atoms with Crippen LogP contribution in [0.15, 0.2) is 23.8 Å². The second-order valence-corrected chi connectivity index (χ2v) is 5.26. The maximum atomic E-state index is 12.4. The van der Waals surface area contributed by atoms with Crippen molar-refractivity contribution < 1.29 is 24.2 Å². The van der Waals surface area contributed by atoms with Crippen LogP contribution < -0.4 is 9.47 Å². The fourth-order valence-corrected chi connectivity index (χ4v) is 2.28. The number of likely N-dealkylation sites (N-methyl/N-ethyl adjacent to an activating group) is 1. The number of carboxylic acid groups (broad SMARTS) is 1. The molecule has 0 aliphatic carbocycles. The highest BCUT2D eigenvalue weighted by atomic mass is 16.5. The summed E-state index contributed by atoms with van der Waals surface area (Å²) in [5.74, 6) is -0.548. The van der Waals surface area contributed by atoms with Gasteiger partial charge in [0.25, 0.3) is 5.91 Å². The third-order valence-corrected chi connectivity index (χ3v) is 3.52. The minimum absolute atomic E-state index is 0.137. The Morgan fingerprint density at radius 1 is 1.45 bits per heavy atom. The summed E-state index contributed by atoms with van der Waals surface area (Å²) in [6, 6.07) is 5.45. The zero-order valence-corrected chi connectivity index (χ0v) is 12.8. The van der Waals surface area contributed by atoms with Gasteiger partial charge in [-0.05, 0) is 12.1 Å². The lowest BCUT2D eigenvalue weighted by molar-refractivity contribution is -0.142. The summed E-state index contributed by atoms with van der Waals surface area (Å²) in [5.41, 5.74) is 1.26. The van der Waals surface area contributed by atoms with Gasteiger partial charge in [-0.25, -0.2) is 0 Å². The van der Waals surface area contributed by atoms with Crippen molar-refractivity contribution in [1.82, 2.24) is 4.90 Å². The first-order chi connectivity index (χ1) is 10.4. The molecule has 0 radical (unpaired) electrons. The Balaban J connectivity index is 2.17. The summed E-state index contributed by atoms with van der Waals surface area (Å²) < 4.78 is 10.8. The van der Waals surface area contributed by atoms with Crippen LogP contribution in [-0.2, 0) is 9.59 Å². The van der Waals surface area contributed by atoms with E-state index in [0.29, 0.717) is 17.1 Å². The molecule has 1 aromatic carbocycles. The Morgan fingerprint density at radius 2 is 2.18 bits per heavy atom. The largest absolute Gasteiger partial charge is 0.493 e. The Labute approximate surface area is 128 Å². The maximum Gasteiger partial charge on any atom is 0.308 e. The van der Waals surface area contributed by atoms with E-state index in [1.165, 1.54) is 4.90 Å². The maximum absolute atomic E-state index is 12.4. The fourth-order valence-electron chi connectivity index (χ4n) is 2.28. The summed E-state index contributed by atoms with van der Waals surface area (Å²) >= 11 is 0. The third kappa shape index (κ3) is 3.21. The standard InChI is InChI=1S/C16H19NO5/c1-10(16(19)20)8-17(2)15(18)12-7-11-5-4-6-13(21-3)14(11)22-9-12/h4-7,10H,8-9H2,1-3H3,(H,19,20). The predicted octanol–water partition coefficient (Wildman–Crippen LogP) is 1.65. The van der Waals surface area contributed by atoms with E-state index in [2.05, 4.69) is 0 Å².